The highest BCUT2D eigenvalue weighted by Gasteiger charge is 2.23. The second kappa shape index (κ2) is 6.58. The molecule has 0 saturated carbocycles. The summed E-state index contributed by atoms with van der Waals surface area (Å²) in [5.74, 6) is -0.558. The van der Waals surface area contributed by atoms with E-state index in [1.165, 1.54) is 6.07 Å². The molecule has 1 aromatic carbocycles. The van der Waals surface area contributed by atoms with Crippen molar-refractivity contribution in [3.63, 3.8) is 0 Å². The number of ether oxygens (including phenoxy) is 1. The van der Waals surface area contributed by atoms with E-state index in [0.29, 0.717) is 12.3 Å². The van der Waals surface area contributed by atoms with E-state index in [1.54, 1.807) is 19.2 Å². The second-order valence-corrected chi connectivity index (χ2v) is 5.28. The van der Waals surface area contributed by atoms with Gasteiger partial charge >= 0.3 is 5.97 Å². The zero-order valence-electron chi connectivity index (χ0n) is 12.0. The Morgan fingerprint density at radius 1 is 1.38 bits per heavy atom. The molecule has 1 amide bonds. The number of primary amides is 1. The molecular weight excluding hydrogens is 272 g/mol. The standard InChI is InChI=1S/C15H20N2O4/c1-21-13-3-2-11(15(19)20)8-12(13)9-17-6-4-10(5-7-17)14(16)18/h2-3,8,10H,4-7,9H2,1H3,(H2,16,18)(H,19,20). The van der Waals surface area contributed by atoms with Gasteiger partial charge in [-0.05, 0) is 44.1 Å². The summed E-state index contributed by atoms with van der Waals surface area (Å²) in [5.41, 5.74) is 6.41. The molecule has 114 valence electrons. The molecule has 1 saturated heterocycles. The summed E-state index contributed by atoms with van der Waals surface area (Å²) < 4.78 is 5.29. The molecule has 0 aliphatic carbocycles. The lowest BCUT2D eigenvalue weighted by Gasteiger charge is -2.30. The van der Waals surface area contributed by atoms with Gasteiger partial charge in [0.05, 0.1) is 12.7 Å². The van der Waals surface area contributed by atoms with Crippen molar-refractivity contribution in [3.8, 4) is 5.75 Å². The summed E-state index contributed by atoms with van der Waals surface area (Å²) >= 11 is 0. The third-order valence-electron chi connectivity index (χ3n) is 3.91. The molecule has 0 radical (unpaired) electrons. The summed E-state index contributed by atoms with van der Waals surface area (Å²) in [6, 6.07) is 4.85. The summed E-state index contributed by atoms with van der Waals surface area (Å²) in [5, 5.41) is 9.07. The van der Waals surface area contributed by atoms with Gasteiger partial charge in [-0.15, -0.1) is 0 Å². The van der Waals surface area contributed by atoms with Gasteiger partial charge < -0.3 is 15.6 Å². The van der Waals surface area contributed by atoms with Crippen LogP contribution in [0.3, 0.4) is 0 Å². The summed E-state index contributed by atoms with van der Waals surface area (Å²) in [6.07, 6.45) is 1.49. The molecule has 21 heavy (non-hydrogen) atoms. The first kappa shape index (κ1) is 15.3. The van der Waals surface area contributed by atoms with E-state index in [0.717, 1.165) is 31.5 Å². The first-order valence-corrected chi connectivity index (χ1v) is 6.93. The summed E-state index contributed by atoms with van der Waals surface area (Å²) in [4.78, 5) is 24.4. The largest absolute Gasteiger partial charge is 0.496 e. The Balaban J connectivity index is 2.07. The Morgan fingerprint density at radius 3 is 2.57 bits per heavy atom. The van der Waals surface area contributed by atoms with Crippen molar-refractivity contribution in [2.24, 2.45) is 11.7 Å². The zero-order chi connectivity index (χ0) is 15.4. The first-order valence-electron chi connectivity index (χ1n) is 6.93. The molecule has 0 spiro atoms. The van der Waals surface area contributed by atoms with Crippen LogP contribution < -0.4 is 10.5 Å². The number of aromatic carboxylic acids is 1. The number of benzene rings is 1. The monoisotopic (exact) mass is 292 g/mol. The predicted molar refractivity (Wildman–Crippen MR) is 77.1 cm³/mol. The van der Waals surface area contributed by atoms with E-state index in [9.17, 15) is 9.59 Å². The molecule has 6 heteroatoms. The average Bonchev–Trinajstić information content (AvgIpc) is 2.47. The smallest absolute Gasteiger partial charge is 0.335 e. The average molecular weight is 292 g/mol. The maximum absolute atomic E-state index is 11.2. The van der Waals surface area contributed by atoms with Crippen LogP contribution in [0.25, 0.3) is 0 Å². The van der Waals surface area contributed by atoms with Crippen LogP contribution in [0.15, 0.2) is 18.2 Å². The number of nitrogens with zero attached hydrogens (tertiary/aromatic N) is 1. The van der Waals surface area contributed by atoms with Crippen LogP contribution in [-0.4, -0.2) is 42.1 Å². The lowest BCUT2D eigenvalue weighted by Crippen LogP contribution is -2.38. The SMILES string of the molecule is COc1ccc(C(=O)O)cc1CN1CCC(C(N)=O)CC1. The van der Waals surface area contributed by atoms with Crippen LogP contribution in [-0.2, 0) is 11.3 Å². The number of amides is 1. The third-order valence-corrected chi connectivity index (χ3v) is 3.91. The lowest BCUT2D eigenvalue weighted by atomic mass is 9.96. The Kier molecular flexibility index (Phi) is 4.80. The van der Waals surface area contributed by atoms with Crippen LogP contribution in [0.1, 0.15) is 28.8 Å². The summed E-state index contributed by atoms with van der Waals surface area (Å²) in [6.45, 7) is 2.15. The minimum absolute atomic E-state index is 0.0477. The Bertz CT molecular complexity index is 536. The maximum atomic E-state index is 11.2. The van der Waals surface area contributed by atoms with Gasteiger partial charge in [-0.2, -0.15) is 0 Å². The van der Waals surface area contributed by atoms with Gasteiger partial charge in [0.1, 0.15) is 5.75 Å². The van der Waals surface area contributed by atoms with Gasteiger partial charge in [0, 0.05) is 18.0 Å². The molecule has 0 atom stereocenters. The second-order valence-electron chi connectivity index (χ2n) is 5.28. The van der Waals surface area contributed by atoms with E-state index < -0.39 is 5.97 Å². The third kappa shape index (κ3) is 3.72. The van der Waals surface area contributed by atoms with E-state index in [-0.39, 0.29) is 17.4 Å². The van der Waals surface area contributed by atoms with Crippen LogP contribution in [0.5, 0.6) is 5.75 Å². The van der Waals surface area contributed by atoms with Gasteiger partial charge in [-0.1, -0.05) is 0 Å². The molecule has 6 nitrogen and oxygen atoms in total. The number of methoxy groups -OCH3 is 1. The lowest BCUT2D eigenvalue weighted by molar-refractivity contribution is -0.123. The number of piperidine rings is 1. The number of hydrogen-bond acceptors (Lipinski definition) is 4. The molecule has 1 aromatic rings. The maximum Gasteiger partial charge on any atom is 0.335 e. The minimum Gasteiger partial charge on any atom is -0.496 e. The molecule has 1 aliphatic rings. The number of nitrogens with two attached hydrogens (primary N) is 1. The summed E-state index contributed by atoms with van der Waals surface area (Å²) in [7, 11) is 1.57. The molecular formula is C15H20N2O4. The van der Waals surface area contributed by atoms with Crippen molar-refractivity contribution in [2.45, 2.75) is 19.4 Å². The van der Waals surface area contributed by atoms with Crippen LogP contribution >= 0.6 is 0 Å². The fraction of sp³-hybridized carbons (Fsp3) is 0.467. The van der Waals surface area contributed by atoms with Gasteiger partial charge in [0.15, 0.2) is 0 Å². The quantitative estimate of drug-likeness (QED) is 0.847. The highest BCUT2D eigenvalue weighted by atomic mass is 16.5. The van der Waals surface area contributed by atoms with Gasteiger partial charge in [0.2, 0.25) is 5.91 Å². The molecule has 0 aromatic heterocycles. The highest BCUT2D eigenvalue weighted by Crippen LogP contribution is 2.24. The number of rotatable bonds is 5. The van der Waals surface area contributed by atoms with Crippen molar-refractivity contribution < 1.29 is 19.4 Å². The van der Waals surface area contributed by atoms with E-state index in [1.807, 2.05) is 0 Å². The fourth-order valence-corrected chi connectivity index (χ4v) is 2.65. The van der Waals surface area contributed by atoms with Crippen LogP contribution in [0, 0.1) is 5.92 Å². The Morgan fingerprint density at radius 2 is 2.05 bits per heavy atom. The predicted octanol–water partition coefficient (Wildman–Crippen LogP) is 1.09. The molecule has 0 unspecified atom stereocenters. The molecule has 2 rings (SSSR count). The first-order chi connectivity index (χ1) is 10.0. The van der Waals surface area contributed by atoms with Gasteiger partial charge in [0.25, 0.3) is 0 Å². The normalized spacial score (nSPS) is 16.6. The van der Waals surface area contributed by atoms with E-state index in [4.69, 9.17) is 15.6 Å². The van der Waals surface area contributed by atoms with Gasteiger partial charge in [-0.3, -0.25) is 9.69 Å². The van der Waals surface area contributed by atoms with Gasteiger partial charge in [-0.25, -0.2) is 4.79 Å². The number of carboxylic acid groups (broad SMARTS) is 1. The van der Waals surface area contributed by atoms with Crippen LogP contribution in [0.2, 0.25) is 0 Å². The van der Waals surface area contributed by atoms with E-state index in [2.05, 4.69) is 4.90 Å². The number of carboxylic acids is 1. The van der Waals surface area contributed by atoms with Crippen molar-refractivity contribution in [1.29, 1.82) is 0 Å². The van der Waals surface area contributed by atoms with Crippen molar-refractivity contribution in [1.82, 2.24) is 4.90 Å². The molecule has 3 N–H and O–H groups in total. The molecule has 1 aliphatic heterocycles. The molecule has 1 heterocycles. The number of likely N-dealkylation sites (tertiary alicyclic amines) is 1. The molecule has 1 fully saturated rings. The van der Waals surface area contributed by atoms with Crippen LogP contribution in [0.4, 0.5) is 0 Å². The molecule has 0 bridgehead atoms. The van der Waals surface area contributed by atoms with Crippen molar-refractivity contribution >= 4 is 11.9 Å². The van der Waals surface area contributed by atoms with Crippen molar-refractivity contribution in [3.05, 3.63) is 29.3 Å². The van der Waals surface area contributed by atoms with E-state index >= 15 is 0 Å². The fourth-order valence-electron chi connectivity index (χ4n) is 2.65. The Hall–Kier alpha value is -2.08. The number of hydrogen-bond donors (Lipinski definition) is 2. The highest BCUT2D eigenvalue weighted by molar-refractivity contribution is 5.88. The Labute approximate surface area is 123 Å². The minimum atomic E-state index is -0.952. The van der Waals surface area contributed by atoms with Crippen molar-refractivity contribution in [2.75, 3.05) is 20.2 Å². The number of carbonyl (C=O) groups is 2. The topological polar surface area (TPSA) is 92.9 Å². The number of carbonyl (C=O) groups excluding carboxylic acids is 1. The zero-order valence-corrected chi connectivity index (χ0v) is 12.0.